The highest BCUT2D eigenvalue weighted by atomic mass is 35.5. The molecule has 0 fully saturated rings. The molecule has 0 aliphatic rings. The molecule has 0 bridgehead atoms. The molecule has 3 aromatic heterocycles. The van der Waals surface area contributed by atoms with Gasteiger partial charge in [-0.15, -0.1) is 0 Å². The van der Waals surface area contributed by atoms with Crippen LogP contribution < -0.4 is 5.73 Å². The first-order valence-electron chi connectivity index (χ1n) is 8.49. The summed E-state index contributed by atoms with van der Waals surface area (Å²) in [6.07, 6.45) is 7.63. The quantitative estimate of drug-likeness (QED) is 0.548. The summed E-state index contributed by atoms with van der Waals surface area (Å²) in [5, 5.41) is 1.56. The van der Waals surface area contributed by atoms with Gasteiger partial charge in [-0.3, -0.25) is 0 Å². The van der Waals surface area contributed by atoms with Gasteiger partial charge in [0.1, 0.15) is 11.5 Å². The van der Waals surface area contributed by atoms with Crippen molar-refractivity contribution >= 4 is 22.6 Å². The summed E-state index contributed by atoms with van der Waals surface area (Å²) in [6.45, 7) is 1.85. The Morgan fingerprint density at radius 2 is 1.93 bits per heavy atom. The van der Waals surface area contributed by atoms with E-state index < -0.39 is 0 Å². The number of hydrogen-bond acceptors (Lipinski definition) is 4. The third-order valence-corrected chi connectivity index (χ3v) is 4.64. The van der Waals surface area contributed by atoms with E-state index in [1.807, 2.05) is 19.2 Å². The summed E-state index contributed by atoms with van der Waals surface area (Å²) < 4.78 is 13.7. The van der Waals surface area contributed by atoms with Gasteiger partial charge in [0.15, 0.2) is 5.82 Å². The fourth-order valence-electron chi connectivity index (χ4n) is 3.10. The SMILES string of the molecule is C[C@H](N)c1ccc(F)cc1-c1ncc(Cc2c[nH]c3ncc(Cl)cc23)cn1. The van der Waals surface area contributed by atoms with Crippen LogP contribution in [0.2, 0.25) is 5.02 Å². The average molecular weight is 382 g/mol. The third kappa shape index (κ3) is 3.54. The Bertz CT molecular complexity index is 1110. The van der Waals surface area contributed by atoms with Gasteiger partial charge in [0.25, 0.3) is 0 Å². The predicted molar refractivity (Wildman–Crippen MR) is 104 cm³/mol. The molecule has 4 rings (SSSR count). The van der Waals surface area contributed by atoms with E-state index in [1.165, 1.54) is 12.1 Å². The van der Waals surface area contributed by atoms with E-state index in [0.717, 1.165) is 27.7 Å². The second-order valence-corrected chi connectivity index (χ2v) is 6.91. The van der Waals surface area contributed by atoms with Gasteiger partial charge in [0, 0.05) is 48.2 Å². The van der Waals surface area contributed by atoms with Gasteiger partial charge in [-0.25, -0.2) is 19.3 Å². The molecule has 27 heavy (non-hydrogen) atoms. The van der Waals surface area contributed by atoms with Gasteiger partial charge in [-0.1, -0.05) is 17.7 Å². The zero-order chi connectivity index (χ0) is 19.0. The normalized spacial score (nSPS) is 12.4. The third-order valence-electron chi connectivity index (χ3n) is 4.43. The zero-order valence-corrected chi connectivity index (χ0v) is 15.3. The van der Waals surface area contributed by atoms with Crippen LogP contribution in [0.15, 0.2) is 49.1 Å². The van der Waals surface area contributed by atoms with E-state index >= 15 is 0 Å². The molecule has 0 spiro atoms. The van der Waals surface area contributed by atoms with Crippen molar-refractivity contribution in [2.75, 3.05) is 0 Å². The lowest BCUT2D eigenvalue weighted by Gasteiger charge is -2.12. The van der Waals surface area contributed by atoms with Gasteiger partial charge in [0.2, 0.25) is 0 Å². The second-order valence-electron chi connectivity index (χ2n) is 6.48. The van der Waals surface area contributed by atoms with Crippen molar-refractivity contribution in [2.45, 2.75) is 19.4 Å². The van der Waals surface area contributed by atoms with Crippen LogP contribution in [-0.4, -0.2) is 19.9 Å². The highest BCUT2D eigenvalue weighted by Crippen LogP contribution is 2.26. The Morgan fingerprint density at radius 1 is 1.15 bits per heavy atom. The number of nitrogens with one attached hydrogen (secondary N) is 1. The number of rotatable bonds is 4. The van der Waals surface area contributed by atoms with E-state index in [4.69, 9.17) is 17.3 Å². The highest BCUT2D eigenvalue weighted by molar-refractivity contribution is 6.31. The number of hydrogen-bond donors (Lipinski definition) is 2. The van der Waals surface area contributed by atoms with Crippen LogP contribution in [0.4, 0.5) is 4.39 Å². The summed E-state index contributed by atoms with van der Waals surface area (Å²) in [5.74, 6) is 0.111. The highest BCUT2D eigenvalue weighted by Gasteiger charge is 2.13. The average Bonchev–Trinajstić information content (AvgIpc) is 3.04. The Labute approximate surface area is 160 Å². The summed E-state index contributed by atoms with van der Waals surface area (Å²) in [6, 6.07) is 6.13. The maximum Gasteiger partial charge on any atom is 0.159 e. The lowest BCUT2D eigenvalue weighted by Crippen LogP contribution is -2.08. The van der Waals surface area contributed by atoms with Crippen LogP contribution in [0, 0.1) is 5.82 Å². The van der Waals surface area contributed by atoms with Gasteiger partial charge >= 0.3 is 0 Å². The molecule has 136 valence electrons. The number of aromatic amines is 1. The van der Waals surface area contributed by atoms with Gasteiger partial charge in [-0.05, 0) is 41.8 Å². The summed E-state index contributed by atoms with van der Waals surface area (Å²) in [4.78, 5) is 16.3. The molecule has 0 aliphatic carbocycles. The molecule has 3 N–H and O–H groups in total. The van der Waals surface area contributed by atoms with Crippen molar-refractivity contribution in [3.05, 3.63) is 76.6 Å². The molecular weight excluding hydrogens is 365 g/mol. The maximum absolute atomic E-state index is 13.7. The molecule has 0 amide bonds. The van der Waals surface area contributed by atoms with E-state index in [-0.39, 0.29) is 11.9 Å². The molecule has 0 unspecified atom stereocenters. The fourth-order valence-corrected chi connectivity index (χ4v) is 3.26. The van der Waals surface area contributed by atoms with Crippen molar-refractivity contribution in [3.63, 3.8) is 0 Å². The first-order valence-corrected chi connectivity index (χ1v) is 8.87. The van der Waals surface area contributed by atoms with Gasteiger partial charge in [0.05, 0.1) is 5.02 Å². The van der Waals surface area contributed by atoms with Crippen molar-refractivity contribution in [1.82, 2.24) is 19.9 Å². The number of pyridine rings is 1. The summed E-state index contributed by atoms with van der Waals surface area (Å²) in [5.41, 5.74) is 10.2. The molecule has 3 heterocycles. The molecule has 0 saturated heterocycles. The monoisotopic (exact) mass is 381 g/mol. The Hall–Kier alpha value is -2.83. The first kappa shape index (κ1) is 17.6. The van der Waals surface area contributed by atoms with Crippen LogP contribution in [0.1, 0.15) is 29.7 Å². The van der Waals surface area contributed by atoms with Crippen molar-refractivity contribution in [2.24, 2.45) is 5.73 Å². The molecule has 0 radical (unpaired) electrons. The van der Waals surface area contributed by atoms with Crippen LogP contribution in [0.5, 0.6) is 0 Å². The number of H-pyrrole nitrogens is 1. The van der Waals surface area contributed by atoms with Gasteiger partial charge < -0.3 is 10.7 Å². The number of nitrogens with two attached hydrogens (primary N) is 1. The molecule has 0 saturated carbocycles. The van der Waals surface area contributed by atoms with E-state index in [2.05, 4.69) is 19.9 Å². The van der Waals surface area contributed by atoms with Crippen LogP contribution >= 0.6 is 11.6 Å². The van der Waals surface area contributed by atoms with E-state index in [0.29, 0.717) is 22.8 Å². The van der Waals surface area contributed by atoms with Crippen LogP contribution in [-0.2, 0) is 6.42 Å². The molecule has 1 atom stereocenters. The largest absolute Gasteiger partial charge is 0.346 e. The molecular formula is C20H17ClFN5. The van der Waals surface area contributed by atoms with E-state index in [9.17, 15) is 4.39 Å². The first-order chi connectivity index (χ1) is 13.0. The molecule has 0 aliphatic heterocycles. The standard InChI is InChI=1S/C20H17ClFN5/c1-11(23)16-3-2-15(22)6-18(16)20-24-7-12(8-25-20)4-13-9-26-19-17(13)5-14(21)10-27-19/h2-3,5-11H,4,23H2,1H3,(H,26,27)/t11-/m0/s1. The van der Waals surface area contributed by atoms with Crippen molar-refractivity contribution < 1.29 is 4.39 Å². The summed E-state index contributed by atoms with van der Waals surface area (Å²) >= 11 is 6.05. The number of halogens is 2. The predicted octanol–water partition coefficient (Wildman–Crippen LogP) is 4.42. The number of fused-ring (bicyclic) bond motifs is 1. The van der Waals surface area contributed by atoms with Crippen LogP contribution in [0.3, 0.4) is 0 Å². The number of aromatic nitrogens is 4. The molecule has 7 heteroatoms. The molecule has 1 aromatic carbocycles. The maximum atomic E-state index is 13.7. The number of benzene rings is 1. The minimum Gasteiger partial charge on any atom is -0.346 e. The Morgan fingerprint density at radius 3 is 2.67 bits per heavy atom. The zero-order valence-electron chi connectivity index (χ0n) is 14.6. The van der Waals surface area contributed by atoms with Crippen molar-refractivity contribution in [3.8, 4) is 11.4 Å². The summed E-state index contributed by atoms with van der Waals surface area (Å²) in [7, 11) is 0. The lowest BCUT2D eigenvalue weighted by molar-refractivity contribution is 0.626. The second kappa shape index (κ2) is 7.06. The Kier molecular flexibility index (Phi) is 4.59. The Balaban J connectivity index is 1.65. The molecule has 4 aromatic rings. The van der Waals surface area contributed by atoms with Crippen LogP contribution in [0.25, 0.3) is 22.4 Å². The van der Waals surface area contributed by atoms with Gasteiger partial charge in [-0.2, -0.15) is 0 Å². The topological polar surface area (TPSA) is 80.5 Å². The minimum atomic E-state index is -0.342. The van der Waals surface area contributed by atoms with E-state index in [1.54, 1.807) is 24.7 Å². The molecule has 5 nitrogen and oxygen atoms in total. The fraction of sp³-hybridized carbons (Fsp3) is 0.150. The lowest BCUT2D eigenvalue weighted by atomic mass is 10.0. The van der Waals surface area contributed by atoms with Crippen molar-refractivity contribution in [1.29, 1.82) is 0 Å². The smallest absolute Gasteiger partial charge is 0.159 e. The minimum absolute atomic E-state index is 0.243. The number of nitrogens with zero attached hydrogens (tertiary/aromatic N) is 3.